The van der Waals surface area contributed by atoms with Gasteiger partial charge in [0.1, 0.15) is 5.75 Å². The van der Waals surface area contributed by atoms with Gasteiger partial charge in [-0.25, -0.2) is 0 Å². The molecule has 22 heavy (non-hydrogen) atoms. The Kier molecular flexibility index (Phi) is 5.73. The average Bonchev–Trinajstić information content (AvgIpc) is 2.42. The van der Waals surface area contributed by atoms with Crippen LogP contribution in [0.15, 0.2) is 30.3 Å². The van der Waals surface area contributed by atoms with E-state index in [0.717, 1.165) is 23.9 Å². The summed E-state index contributed by atoms with van der Waals surface area (Å²) in [5.74, 6) is 1.12. The predicted octanol–water partition coefficient (Wildman–Crippen LogP) is 5.83. The van der Waals surface area contributed by atoms with Gasteiger partial charge in [0.05, 0.1) is 0 Å². The number of alkyl halides is 1. The molecule has 1 nitrogen and oxygen atoms in total. The highest BCUT2D eigenvalue weighted by Crippen LogP contribution is 2.39. The summed E-state index contributed by atoms with van der Waals surface area (Å²) in [6.45, 7) is 11.4. The highest BCUT2D eigenvalue weighted by atomic mass is 79.9. The van der Waals surface area contributed by atoms with Crippen molar-refractivity contribution in [2.45, 2.75) is 52.1 Å². The predicted molar refractivity (Wildman–Crippen MR) is 104 cm³/mol. The fourth-order valence-corrected chi connectivity index (χ4v) is 4.07. The first-order valence-electron chi connectivity index (χ1n) is 8.12. The molecule has 2 rings (SSSR count). The van der Waals surface area contributed by atoms with Crippen molar-refractivity contribution >= 4 is 35.7 Å². The molecule has 0 spiro atoms. The lowest BCUT2D eigenvalue weighted by atomic mass is 9.79. The van der Waals surface area contributed by atoms with Crippen LogP contribution < -0.4 is 4.43 Å². The second kappa shape index (κ2) is 7.18. The van der Waals surface area contributed by atoms with Gasteiger partial charge in [0.15, 0.2) is 0 Å². The summed E-state index contributed by atoms with van der Waals surface area (Å²) in [5.41, 5.74) is 2.97. The van der Waals surface area contributed by atoms with Gasteiger partial charge in [0.2, 0.25) is 9.04 Å². The van der Waals surface area contributed by atoms with Crippen molar-refractivity contribution < 1.29 is 4.43 Å². The van der Waals surface area contributed by atoms with Gasteiger partial charge in [-0.2, -0.15) is 0 Å². The fourth-order valence-electron chi connectivity index (χ4n) is 3.07. The van der Waals surface area contributed by atoms with E-state index in [1.165, 1.54) is 21.9 Å². The third-order valence-corrected chi connectivity index (χ3v) is 5.08. The van der Waals surface area contributed by atoms with Crippen molar-refractivity contribution in [3.63, 3.8) is 0 Å². The van der Waals surface area contributed by atoms with Crippen LogP contribution in [0.3, 0.4) is 0 Å². The van der Waals surface area contributed by atoms with Crippen LogP contribution in [0.25, 0.3) is 10.8 Å². The molecular formula is C19H27BrOSi. The van der Waals surface area contributed by atoms with E-state index in [-0.39, 0.29) is 5.41 Å². The van der Waals surface area contributed by atoms with E-state index in [9.17, 15) is 0 Å². The van der Waals surface area contributed by atoms with Gasteiger partial charge < -0.3 is 4.43 Å². The Labute approximate surface area is 144 Å². The molecule has 0 N–H and O–H groups in total. The summed E-state index contributed by atoms with van der Waals surface area (Å²) in [7, 11) is -1.13. The Bertz CT molecular complexity index is 644. The Morgan fingerprint density at radius 3 is 2.41 bits per heavy atom. The zero-order chi connectivity index (χ0) is 16.3. The van der Waals surface area contributed by atoms with Crippen LogP contribution in [-0.4, -0.2) is 14.4 Å². The Balaban J connectivity index is 2.75. The van der Waals surface area contributed by atoms with E-state index in [1.54, 1.807) is 0 Å². The monoisotopic (exact) mass is 378 g/mol. The van der Waals surface area contributed by atoms with Gasteiger partial charge in [-0.3, -0.25) is 0 Å². The van der Waals surface area contributed by atoms with Crippen LogP contribution in [0.2, 0.25) is 13.1 Å². The Morgan fingerprint density at radius 1 is 1.14 bits per heavy atom. The molecular weight excluding hydrogens is 352 g/mol. The van der Waals surface area contributed by atoms with Crippen molar-refractivity contribution in [1.29, 1.82) is 0 Å². The smallest absolute Gasteiger partial charge is 0.229 e. The maximum absolute atomic E-state index is 6.31. The molecule has 2 aromatic carbocycles. The number of hydrogen-bond donors (Lipinski definition) is 0. The molecule has 0 radical (unpaired) electrons. The topological polar surface area (TPSA) is 9.23 Å². The summed E-state index contributed by atoms with van der Waals surface area (Å²) in [4.78, 5) is 0. The molecule has 0 atom stereocenters. The molecule has 0 unspecified atom stereocenters. The zero-order valence-electron chi connectivity index (χ0n) is 14.4. The molecule has 0 saturated carbocycles. The molecule has 120 valence electrons. The Morgan fingerprint density at radius 2 is 1.82 bits per heavy atom. The van der Waals surface area contributed by atoms with Crippen LogP contribution in [0.4, 0.5) is 0 Å². The minimum atomic E-state index is -1.13. The van der Waals surface area contributed by atoms with E-state index in [4.69, 9.17) is 4.43 Å². The Hall–Kier alpha value is -0.803. The highest BCUT2D eigenvalue weighted by molar-refractivity contribution is 9.09. The summed E-state index contributed by atoms with van der Waals surface area (Å²) < 4.78 is 6.31. The van der Waals surface area contributed by atoms with Crippen molar-refractivity contribution in [2.24, 2.45) is 0 Å². The van der Waals surface area contributed by atoms with E-state index in [2.05, 4.69) is 80.1 Å². The molecule has 0 aliphatic heterocycles. The van der Waals surface area contributed by atoms with Gasteiger partial charge >= 0.3 is 0 Å². The van der Waals surface area contributed by atoms with Crippen molar-refractivity contribution in [3.8, 4) is 5.75 Å². The van der Waals surface area contributed by atoms with E-state index < -0.39 is 9.04 Å². The first-order chi connectivity index (χ1) is 10.3. The number of fused-ring (bicyclic) bond motifs is 1. The maximum Gasteiger partial charge on any atom is 0.229 e. The third kappa shape index (κ3) is 3.93. The zero-order valence-corrected chi connectivity index (χ0v) is 17.1. The van der Waals surface area contributed by atoms with E-state index in [0.29, 0.717) is 0 Å². The summed E-state index contributed by atoms with van der Waals surface area (Å²) in [6, 6.07) is 11.0. The molecule has 0 heterocycles. The second-order valence-electron chi connectivity index (χ2n) is 7.16. The lowest BCUT2D eigenvalue weighted by Gasteiger charge is -2.28. The summed E-state index contributed by atoms with van der Waals surface area (Å²) in [5, 5.41) is 3.69. The maximum atomic E-state index is 6.31. The first-order valence-corrected chi connectivity index (χ1v) is 12.0. The van der Waals surface area contributed by atoms with E-state index in [1.807, 2.05) is 0 Å². The minimum Gasteiger partial charge on any atom is -0.547 e. The standard InChI is InChI=1S/C19H27BrOSi/c1-19(2,3)18-15-10-7-6-9-14(15)13-17(21-22(4)5)16(18)11-8-12-20/h6-7,9-10,13,22H,8,11-12H2,1-5H3. The third-order valence-electron chi connectivity index (χ3n) is 3.79. The molecule has 0 saturated heterocycles. The fraction of sp³-hybridized carbons (Fsp3) is 0.474. The SMILES string of the molecule is C[SiH](C)Oc1cc2ccccc2c(C(C)(C)C)c1CCCBr. The van der Waals surface area contributed by atoms with Crippen LogP contribution in [0, 0.1) is 0 Å². The molecule has 0 aromatic heterocycles. The van der Waals surface area contributed by atoms with Crippen molar-refractivity contribution in [2.75, 3.05) is 5.33 Å². The first kappa shape index (κ1) is 17.5. The van der Waals surface area contributed by atoms with Gasteiger partial charge in [-0.05, 0) is 59.3 Å². The minimum absolute atomic E-state index is 0.110. The molecule has 3 heteroatoms. The number of rotatable bonds is 5. The largest absolute Gasteiger partial charge is 0.547 e. The number of benzene rings is 2. The van der Waals surface area contributed by atoms with Crippen LogP contribution in [0.1, 0.15) is 38.3 Å². The highest BCUT2D eigenvalue weighted by Gasteiger charge is 2.24. The van der Waals surface area contributed by atoms with Gasteiger partial charge in [0.25, 0.3) is 0 Å². The second-order valence-corrected chi connectivity index (χ2v) is 10.3. The molecule has 2 aromatic rings. The average molecular weight is 379 g/mol. The van der Waals surface area contributed by atoms with E-state index >= 15 is 0 Å². The van der Waals surface area contributed by atoms with Crippen LogP contribution >= 0.6 is 15.9 Å². The van der Waals surface area contributed by atoms with Crippen LogP contribution in [-0.2, 0) is 11.8 Å². The molecule has 0 aliphatic carbocycles. The quantitative estimate of drug-likeness (QED) is 0.469. The lowest BCUT2D eigenvalue weighted by Crippen LogP contribution is -2.19. The normalized spacial score (nSPS) is 12.1. The summed E-state index contributed by atoms with van der Waals surface area (Å²) in [6.07, 6.45) is 2.20. The molecule has 0 aliphatic rings. The summed E-state index contributed by atoms with van der Waals surface area (Å²) >= 11 is 3.57. The molecule has 0 bridgehead atoms. The molecule has 0 fully saturated rings. The number of hydrogen-bond acceptors (Lipinski definition) is 1. The lowest BCUT2D eigenvalue weighted by molar-refractivity contribution is 0.549. The molecule has 0 amide bonds. The van der Waals surface area contributed by atoms with Crippen molar-refractivity contribution in [1.82, 2.24) is 0 Å². The van der Waals surface area contributed by atoms with Crippen molar-refractivity contribution in [3.05, 3.63) is 41.5 Å². The van der Waals surface area contributed by atoms with Crippen LogP contribution in [0.5, 0.6) is 5.75 Å². The van der Waals surface area contributed by atoms with Gasteiger partial charge in [-0.15, -0.1) is 0 Å². The number of halogens is 1. The van der Waals surface area contributed by atoms with Gasteiger partial charge in [-0.1, -0.05) is 61.0 Å². The van der Waals surface area contributed by atoms with Gasteiger partial charge in [0, 0.05) is 5.33 Å².